The van der Waals surface area contributed by atoms with Gasteiger partial charge in [0.05, 0.1) is 7.11 Å². The number of thioether (sulfide) groups is 1. The number of rotatable bonds is 3. The molecule has 5 nitrogen and oxygen atoms in total. The number of hydrogen-bond donors (Lipinski definition) is 1. The van der Waals surface area contributed by atoms with Crippen LogP contribution in [0.3, 0.4) is 0 Å². The lowest BCUT2D eigenvalue weighted by Gasteiger charge is -2.20. The fraction of sp³-hybridized carbons (Fsp3) is 0.636. The Morgan fingerprint density at radius 3 is 3.12 bits per heavy atom. The number of methoxy groups -OCH3 is 1. The highest BCUT2D eigenvalue weighted by Gasteiger charge is 2.43. The normalized spacial score (nSPS) is 28.3. The van der Waals surface area contributed by atoms with Crippen LogP contribution >= 0.6 is 11.8 Å². The summed E-state index contributed by atoms with van der Waals surface area (Å²) in [5, 5.41) is 1.30. The number of nitrogens with two attached hydrogens (primary N) is 1. The van der Waals surface area contributed by atoms with Crippen molar-refractivity contribution in [3.8, 4) is 0 Å². The number of imidazole rings is 1. The van der Waals surface area contributed by atoms with Crippen LogP contribution in [0.5, 0.6) is 0 Å². The first-order valence-corrected chi connectivity index (χ1v) is 6.44. The Balaban J connectivity index is 1.99. The van der Waals surface area contributed by atoms with E-state index in [1.165, 1.54) is 7.11 Å². The number of hydrogen-bond acceptors (Lipinski definition) is 5. The molecule has 94 valence electrons. The molecule has 1 aromatic heterocycles. The molecule has 0 aromatic carbocycles. The number of aryl methyl sites for hydroxylation is 1. The molecule has 6 heteroatoms. The van der Waals surface area contributed by atoms with Crippen molar-refractivity contribution in [3.63, 3.8) is 0 Å². The maximum Gasteiger partial charge on any atom is 0.325 e. The van der Waals surface area contributed by atoms with E-state index < -0.39 is 5.54 Å². The first-order chi connectivity index (χ1) is 8.05. The third-order valence-corrected chi connectivity index (χ3v) is 4.49. The first-order valence-electron chi connectivity index (χ1n) is 5.56. The number of carbonyl (C=O) groups is 1. The molecule has 2 N–H and O–H groups in total. The smallest absolute Gasteiger partial charge is 0.325 e. The van der Waals surface area contributed by atoms with Crippen molar-refractivity contribution >= 4 is 17.7 Å². The van der Waals surface area contributed by atoms with Crippen molar-refractivity contribution in [2.75, 3.05) is 7.11 Å². The Hall–Kier alpha value is -1.01. The van der Waals surface area contributed by atoms with Gasteiger partial charge in [-0.05, 0) is 19.3 Å². The largest absolute Gasteiger partial charge is 0.468 e. The molecule has 2 rings (SSSR count). The summed E-state index contributed by atoms with van der Waals surface area (Å²) in [5.41, 5.74) is 5.25. The summed E-state index contributed by atoms with van der Waals surface area (Å²) >= 11 is 1.68. The van der Waals surface area contributed by atoms with Crippen molar-refractivity contribution in [1.29, 1.82) is 0 Å². The van der Waals surface area contributed by atoms with Gasteiger partial charge in [0.1, 0.15) is 5.54 Å². The van der Waals surface area contributed by atoms with E-state index in [2.05, 4.69) is 4.98 Å². The third-order valence-electron chi connectivity index (χ3n) is 3.15. The van der Waals surface area contributed by atoms with Crippen LogP contribution in [0.25, 0.3) is 0 Å². The quantitative estimate of drug-likeness (QED) is 0.814. The topological polar surface area (TPSA) is 70.1 Å². The van der Waals surface area contributed by atoms with Gasteiger partial charge in [-0.2, -0.15) is 0 Å². The zero-order chi connectivity index (χ0) is 12.5. The molecule has 0 radical (unpaired) electrons. The molecule has 1 aromatic rings. The van der Waals surface area contributed by atoms with Crippen LogP contribution in [0.15, 0.2) is 17.6 Å². The van der Waals surface area contributed by atoms with E-state index in [0.29, 0.717) is 18.1 Å². The van der Waals surface area contributed by atoms with Crippen molar-refractivity contribution in [1.82, 2.24) is 9.55 Å². The Morgan fingerprint density at radius 1 is 1.76 bits per heavy atom. The van der Waals surface area contributed by atoms with Crippen molar-refractivity contribution in [3.05, 3.63) is 12.4 Å². The Morgan fingerprint density at radius 2 is 2.53 bits per heavy atom. The lowest BCUT2D eigenvalue weighted by Crippen LogP contribution is -2.46. The van der Waals surface area contributed by atoms with Crippen LogP contribution in [0.2, 0.25) is 0 Å². The Labute approximate surface area is 105 Å². The SMILES string of the molecule is COC(=O)C1(N)CCC(Sc2nccn2C)C1. The molecule has 0 bridgehead atoms. The van der Waals surface area contributed by atoms with Crippen molar-refractivity contribution in [2.24, 2.45) is 12.8 Å². The second kappa shape index (κ2) is 4.70. The summed E-state index contributed by atoms with van der Waals surface area (Å²) in [5.74, 6) is -0.305. The zero-order valence-corrected chi connectivity index (χ0v) is 10.9. The van der Waals surface area contributed by atoms with Gasteiger partial charge in [0.2, 0.25) is 0 Å². The Kier molecular flexibility index (Phi) is 3.44. The highest BCUT2D eigenvalue weighted by atomic mass is 32.2. The van der Waals surface area contributed by atoms with Gasteiger partial charge >= 0.3 is 5.97 Å². The fourth-order valence-electron chi connectivity index (χ4n) is 2.13. The Bertz CT molecular complexity index is 421. The standard InChI is InChI=1S/C11H17N3O2S/c1-14-6-5-13-10(14)17-8-3-4-11(12,7-8)9(15)16-2/h5-6,8H,3-4,7,12H2,1-2H3. The van der Waals surface area contributed by atoms with Gasteiger partial charge in [-0.1, -0.05) is 11.8 Å². The van der Waals surface area contributed by atoms with Crippen molar-refractivity contribution in [2.45, 2.75) is 35.2 Å². The van der Waals surface area contributed by atoms with E-state index in [1.54, 1.807) is 18.0 Å². The van der Waals surface area contributed by atoms with Crippen molar-refractivity contribution < 1.29 is 9.53 Å². The molecule has 0 amide bonds. The maximum atomic E-state index is 11.6. The second-order valence-corrected chi connectivity index (χ2v) is 5.72. The second-order valence-electron chi connectivity index (χ2n) is 4.45. The minimum atomic E-state index is -0.808. The maximum absolute atomic E-state index is 11.6. The number of ether oxygens (including phenoxy) is 1. The molecule has 2 atom stereocenters. The average molecular weight is 255 g/mol. The molecular weight excluding hydrogens is 238 g/mol. The molecule has 1 aliphatic carbocycles. The van der Waals surface area contributed by atoms with Gasteiger partial charge in [0, 0.05) is 24.7 Å². The molecule has 2 unspecified atom stereocenters. The molecule has 0 spiro atoms. The van der Waals surface area contributed by atoms with E-state index >= 15 is 0 Å². The summed E-state index contributed by atoms with van der Waals surface area (Å²) < 4.78 is 6.72. The van der Waals surface area contributed by atoms with Gasteiger partial charge < -0.3 is 15.0 Å². The molecule has 1 fully saturated rings. The lowest BCUT2D eigenvalue weighted by atomic mass is 10.00. The van der Waals surface area contributed by atoms with Gasteiger partial charge in [0.15, 0.2) is 5.16 Å². The summed E-state index contributed by atoms with van der Waals surface area (Å²) in [6.07, 6.45) is 5.93. The van der Waals surface area contributed by atoms with E-state index in [4.69, 9.17) is 10.5 Å². The van der Waals surface area contributed by atoms with Crippen LogP contribution in [0, 0.1) is 0 Å². The van der Waals surface area contributed by atoms with Crippen LogP contribution in [0.4, 0.5) is 0 Å². The van der Waals surface area contributed by atoms with Gasteiger partial charge in [-0.3, -0.25) is 4.79 Å². The highest BCUT2D eigenvalue weighted by Crippen LogP contribution is 2.38. The molecular formula is C11H17N3O2S. The fourth-order valence-corrected chi connectivity index (χ4v) is 3.40. The predicted octanol–water partition coefficient (Wildman–Crippen LogP) is 0.935. The highest BCUT2D eigenvalue weighted by molar-refractivity contribution is 7.99. The molecule has 0 aliphatic heterocycles. The number of esters is 1. The average Bonchev–Trinajstić information content (AvgIpc) is 2.87. The van der Waals surface area contributed by atoms with Gasteiger partial charge in [0.25, 0.3) is 0 Å². The number of nitrogens with zero attached hydrogens (tertiary/aromatic N) is 2. The number of carbonyl (C=O) groups excluding carboxylic acids is 1. The number of aromatic nitrogens is 2. The van der Waals surface area contributed by atoms with E-state index in [1.807, 2.05) is 17.8 Å². The van der Waals surface area contributed by atoms with Crippen LogP contribution in [0.1, 0.15) is 19.3 Å². The van der Waals surface area contributed by atoms with E-state index in [0.717, 1.165) is 11.6 Å². The van der Waals surface area contributed by atoms with Gasteiger partial charge in [-0.25, -0.2) is 4.98 Å². The minimum absolute atomic E-state index is 0.305. The molecule has 1 heterocycles. The monoisotopic (exact) mass is 255 g/mol. The van der Waals surface area contributed by atoms with Crippen LogP contribution in [-0.4, -0.2) is 33.4 Å². The molecule has 1 aliphatic rings. The van der Waals surface area contributed by atoms with Gasteiger partial charge in [-0.15, -0.1) is 0 Å². The zero-order valence-electron chi connectivity index (χ0n) is 10.0. The van der Waals surface area contributed by atoms with E-state index in [9.17, 15) is 4.79 Å². The summed E-state index contributed by atoms with van der Waals surface area (Å²) in [6, 6.07) is 0. The van der Waals surface area contributed by atoms with Crippen LogP contribution < -0.4 is 5.73 Å². The van der Waals surface area contributed by atoms with E-state index in [-0.39, 0.29) is 5.97 Å². The summed E-state index contributed by atoms with van der Waals surface area (Å²) in [7, 11) is 3.34. The lowest BCUT2D eigenvalue weighted by molar-refractivity contribution is -0.146. The first kappa shape index (κ1) is 12.4. The van der Waals surface area contributed by atoms with Crippen LogP contribution in [-0.2, 0) is 16.6 Å². The third kappa shape index (κ3) is 2.47. The molecule has 0 saturated heterocycles. The molecule has 1 saturated carbocycles. The molecule has 17 heavy (non-hydrogen) atoms. The minimum Gasteiger partial charge on any atom is -0.468 e. The predicted molar refractivity (Wildman–Crippen MR) is 65.6 cm³/mol. The summed E-state index contributed by atoms with van der Waals surface area (Å²) in [6.45, 7) is 0. The summed E-state index contributed by atoms with van der Waals surface area (Å²) in [4.78, 5) is 15.8.